The standard InChI is InChI=1S/C26H50N6O7P4/c33-19(12-15-6-2-1-3-7-15)30-16-13-17(31-42)25(23(36)24(16)37-11-10-27-8-4-5-9-28-40)39-26-20(32-43)22(35)21(34)18(38-26)14-29-41/h1-3,6-7,16-18,20-29,31-32,34-36H,4-5,8-14,40-43H2,(H,30,33)/t16-,17?,18?,20?,21+,22-,23-,24?,25+,26+/m1/s1. The van der Waals surface area contributed by atoms with E-state index < -0.39 is 61.0 Å². The average Bonchev–Trinajstić information content (AvgIpc) is 3.00. The number of aliphatic hydroxyl groups is 3. The molecule has 13 nitrogen and oxygen atoms in total. The fraction of sp³-hybridized carbons (Fsp3) is 0.731. The second kappa shape index (κ2) is 20.3. The van der Waals surface area contributed by atoms with Crippen LogP contribution in [0.25, 0.3) is 0 Å². The molecule has 3 rings (SSSR count). The lowest BCUT2D eigenvalue weighted by Crippen LogP contribution is -2.68. The first-order valence-corrected chi connectivity index (χ1v) is 16.9. The smallest absolute Gasteiger partial charge is 0.224 e. The number of carbonyl (C=O) groups excluding carboxylic acids is 1. The van der Waals surface area contributed by atoms with Crippen molar-refractivity contribution in [2.24, 2.45) is 0 Å². The van der Waals surface area contributed by atoms with Crippen LogP contribution in [0, 0.1) is 0 Å². The van der Waals surface area contributed by atoms with E-state index in [1.807, 2.05) is 30.3 Å². The Hall–Kier alpha value is -0.0300. The van der Waals surface area contributed by atoms with E-state index >= 15 is 0 Å². The van der Waals surface area contributed by atoms with E-state index in [9.17, 15) is 20.1 Å². The van der Waals surface area contributed by atoms with Gasteiger partial charge in [0.1, 0.15) is 36.6 Å². The van der Waals surface area contributed by atoms with Gasteiger partial charge in [0, 0.05) is 19.1 Å². The number of unbranched alkanes of at least 4 members (excludes halogenated alkanes) is 1. The molecule has 8 unspecified atom stereocenters. The summed E-state index contributed by atoms with van der Waals surface area (Å²) >= 11 is 0. The third-order valence-electron chi connectivity index (χ3n) is 7.76. The van der Waals surface area contributed by atoms with E-state index in [1.165, 1.54) is 0 Å². The monoisotopic (exact) mass is 682 g/mol. The van der Waals surface area contributed by atoms with Crippen LogP contribution in [0.3, 0.4) is 0 Å². The van der Waals surface area contributed by atoms with Gasteiger partial charge < -0.3 is 45.3 Å². The molecule has 0 spiro atoms. The number of carbonyl (C=O) groups is 1. The number of aliphatic hydroxyl groups excluding tert-OH is 3. The van der Waals surface area contributed by atoms with Gasteiger partial charge in [0.15, 0.2) is 6.29 Å². The summed E-state index contributed by atoms with van der Waals surface area (Å²) in [7, 11) is 9.63. The maximum absolute atomic E-state index is 13.1. The SMILES string of the molecule is O=C(Cc1ccccc1)N[C@@H]1CC(NP)[C@H](O[C@@H]2OC(CNP)[C@H](O)[C@H](O)C2NP)[C@H](O)C1OCCNCCCCNP. The molecule has 1 amide bonds. The van der Waals surface area contributed by atoms with Crippen molar-refractivity contribution in [1.82, 2.24) is 31.0 Å². The Morgan fingerprint density at radius 3 is 2.30 bits per heavy atom. The zero-order valence-corrected chi connectivity index (χ0v) is 28.9. The Morgan fingerprint density at radius 1 is 0.884 bits per heavy atom. The fourth-order valence-corrected chi connectivity index (χ4v) is 6.59. The van der Waals surface area contributed by atoms with Gasteiger partial charge in [-0.25, -0.2) is 0 Å². The number of amides is 1. The Labute approximate surface area is 263 Å². The second-order valence-electron chi connectivity index (χ2n) is 10.8. The van der Waals surface area contributed by atoms with E-state index in [1.54, 1.807) is 0 Å². The number of rotatable bonds is 18. The second-order valence-corrected chi connectivity index (χ2v) is 12.3. The summed E-state index contributed by atoms with van der Waals surface area (Å²) in [6.07, 6.45) is -4.16. The van der Waals surface area contributed by atoms with Crippen LogP contribution >= 0.6 is 37.6 Å². The molecule has 0 bridgehead atoms. The maximum Gasteiger partial charge on any atom is 0.224 e. The highest BCUT2D eigenvalue weighted by molar-refractivity contribution is 7.14. The molecule has 1 aromatic carbocycles. The lowest BCUT2D eigenvalue weighted by Gasteiger charge is -2.48. The summed E-state index contributed by atoms with van der Waals surface area (Å²) in [6.45, 7) is 2.93. The zero-order valence-electron chi connectivity index (χ0n) is 24.3. The van der Waals surface area contributed by atoms with Gasteiger partial charge in [0.25, 0.3) is 0 Å². The molecule has 9 N–H and O–H groups in total. The molecule has 1 heterocycles. The van der Waals surface area contributed by atoms with Crippen molar-refractivity contribution in [2.75, 3.05) is 32.8 Å². The van der Waals surface area contributed by atoms with Crippen molar-refractivity contribution in [3.8, 4) is 0 Å². The molecule has 0 aromatic heterocycles. The van der Waals surface area contributed by atoms with Gasteiger partial charge in [0.05, 0.1) is 25.1 Å². The van der Waals surface area contributed by atoms with Crippen LogP contribution in [0.2, 0.25) is 0 Å². The van der Waals surface area contributed by atoms with Gasteiger partial charge in [-0.2, -0.15) is 0 Å². The Kier molecular flexibility index (Phi) is 17.6. The number of hydrogen-bond acceptors (Lipinski definition) is 12. The van der Waals surface area contributed by atoms with Crippen molar-refractivity contribution < 1.29 is 34.3 Å². The van der Waals surface area contributed by atoms with Crippen molar-refractivity contribution in [3.63, 3.8) is 0 Å². The number of hydrogen-bond donors (Lipinski definition) is 9. The summed E-state index contributed by atoms with van der Waals surface area (Å²) in [5.41, 5.74) is 0.887. The Morgan fingerprint density at radius 2 is 1.63 bits per heavy atom. The third kappa shape index (κ3) is 11.3. The first-order chi connectivity index (χ1) is 20.8. The predicted octanol–water partition coefficient (Wildman–Crippen LogP) is -1.68. The van der Waals surface area contributed by atoms with E-state index in [-0.39, 0.29) is 18.9 Å². The van der Waals surface area contributed by atoms with Crippen LogP contribution in [0.15, 0.2) is 30.3 Å². The molecule has 1 aliphatic heterocycles. The topological polar surface area (TPSA) is 178 Å². The van der Waals surface area contributed by atoms with Crippen LogP contribution in [0.1, 0.15) is 24.8 Å². The van der Waals surface area contributed by atoms with Crippen LogP contribution < -0.4 is 31.0 Å². The molecule has 0 radical (unpaired) electrons. The lowest BCUT2D eigenvalue weighted by atomic mass is 9.83. The van der Waals surface area contributed by atoms with Gasteiger partial charge in [-0.15, -0.1) is 0 Å². The zero-order chi connectivity index (χ0) is 31.2. The normalized spacial score (nSPS) is 32.9. The molecule has 2 fully saturated rings. The predicted molar refractivity (Wildman–Crippen MR) is 179 cm³/mol. The van der Waals surface area contributed by atoms with Gasteiger partial charge in [-0.1, -0.05) is 67.9 Å². The third-order valence-corrected chi connectivity index (χ3v) is 9.10. The molecule has 1 aliphatic carbocycles. The van der Waals surface area contributed by atoms with Gasteiger partial charge >= 0.3 is 0 Å². The van der Waals surface area contributed by atoms with Crippen LogP contribution in [0.5, 0.6) is 0 Å². The molecule has 1 aromatic rings. The Balaban J connectivity index is 1.72. The molecule has 43 heavy (non-hydrogen) atoms. The highest BCUT2D eigenvalue weighted by Gasteiger charge is 2.50. The summed E-state index contributed by atoms with van der Waals surface area (Å²) < 4.78 is 18.6. The van der Waals surface area contributed by atoms with Crippen molar-refractivity contribution in [3.05, 3.63) is 35.9 Å². The number of benzene rings is 1. The molecule has 1 saturated heterocycles. The number of nitrogens with one attached hydrogen (secondary N) is 6. The molecule has 2 aliphatic rings. The summed E-state index contributed by atoms with van der Waals surface area (Å²) in [4.78, 5) is 13.1. The van der Waals surface area contributed by atoms with Crippen molar-refractivity contribution in [2.45, 2.75) is 86.7 Å². The maximum atomic E-state index is 13.1. The van der Waals surface area contributed by atoms with Gasteiger partial charge in [0.2, 0.25) is 5.91 Å². The molecule has 17 heteroatoms. The first-order valence-electron chi connectivity index (χ1n) is 14.6. The number of ether oxygens (including phenoxy) is 3. The average molecular weight is 683 g/mol. The van der Waals surface area contributed by atoms with Crippen molar-refractivity contribution in [1.29, 1.82) is 0 Å². The highest BCUT2D eigenvalue weighted by atomic mass is 31.0. The van der Waals surface area contributed by atoms with E-state index in [0.29, 0.717) is 19.6 Å². The van der Waals surface area contributed by atoms with Crippen LogP contribution in [-0.2, 0) is 25.4 Å². The first kappa shape index (κ1) is 37.4. The molecular formula is C26H50N6O7P4. The van der Waals surface area contributed by atoms with E-state index in [2.05, 4.69) is 68.5 Å². The minimum atomic E-state index is -1.18. The van der Waals surface area contributed by atoms with Gasteiger partial charge in [-0.3, -0.25) is 20.1 Å². The van der Waals surface area contributed by atoms with Gasteiger partial charge in [-0.05, 0) is 37.9 Å². The van der Waals surface area contributed by atoms with Crippen molar-refractivity contribution >= 4 is 43.5 Å². The van der Waals surface area contributed by atoms with Crippen LogP contribution in [-0.4, -0.2) is 115 Å². The summed E-state index contributed by atoms with van der Waals surface area (Å²) in [5, 5.41) is 51.4. The summed E-state index contributed by atoms with van der Waals surface area (Å²) in [6, 6.07) is 7.77. The minimum absolute atomic E-state index is 0.174. The largest absolute Gasteiger partial charge is 0.388 e. The van der Waals surface area contributed by atoms with Crippen LogP contribution in [0.4, 0.5) is 0 Å². The molecule has 1 saturated carbocycles. The van der Waals surface area contributed by atoms with E-state index in [0.717, 1.165) is 31.5 Å². The lowest BCUT2D eigenvalue weighted by molar-refractivity contribution is -0.292. The minimum Gasteiger partial charge on any atom is -0.388 e. The Bertz CT molecular complexity index is 933. The summed E-state index contributed by atoms with van der Waals surface area (Å²) in [5.74, 6) is -0.174. The molecular weight excluding hydrogens is 632 g/mol. The quantitative estimate of drug-likeness (QED) is 0.0637. The highest BCUT2D eigenvalue weighted by Crippen LogP contribution is 2.31. The fourth-order valence-electron chi connectivity index (χ4n) is 5.47. The van der Waals surface area contributed by atoms with E-state index in [4.69, 9.17) is 14.2 Å². The molecule has 246 valence electrons. The molecule has 14 atom stereocenters.